The minimum absolute atomic E-state index is 0.0793. The van der Waals surface area contributed by atoms with Crippen LogP contribution >= 0.6 is 11.8 Å². The molecule has 0 fully saturated rings. The molecule has 3 rings (SSSR count). The molecule has 0 unspecified atom stereocenters. The third-order valence-corrected chi connectivity index (χ3v) is 5.29. The molecule has 0 atom stereocenters. The van der Waals surface area contributed by atoms with Gasteiger partial charge in [0.1, 0.15) is 5.03 Å². The normalized spacial score (nSPS) is 10.7. The van der Waals surface area contributed by atoms with Crippen molar-refractivity contribution < 1.29 is 14.0 Å². The highest BCUT2D eigenvalue weighted by molar-refractivity contribution is 7.98. The first-order chi connectivity index (χ1) is 14.4. The van der Waals surface area contributed by atoms with Crippen molar-refractivity contribution in [1.82, 2.24) is 14.9 Å². The number of nitrogens with zero attached hydrogens (tertiary/aromatic N) is 3. The van der Waals surface area contributed by atoms with E-state index in [0.29, 0.717) is 27.9 Å². The first-order valence-electron chi connectivity index (χ1n) is 9.54. The molecule has 2 amide bonds. The van der Waals surface area contributed by atoms with E-state index in [1.165, 1.54) is 16.7 Å². The molecule has 7 nitrogen and oxygen atoms in total. The third-order valence-electron chi connectivity index (χ3n) is 4.61. The number of furan rings is 1. The van der Waals surface area contributed by atoms with E-state index in [4.69, 9.17) is 4.42 Å². The lowest BCUT2D eigenvalue weighted by molar-refractivity contribution is -0.116. The van der Waals surface area contributed by atoms with Gasteiger partial charge in [-0.3, -0.25) is 9.59 Å². The highest BCUT2D eigenvalue weighted by Gasteiger charge is 2.24. The first kappa shape index (κ1) is 21.6. The highest BCUT2D eigenvalue weighted by atomic mass is 32.2. The van der Waals surface area contributed by atoms with Crippen LogP contribution in [-0.2, 0) is 11.2 Å². The summed E-state index contributed by atoms with van der Waals surface area (Å²) in [5, 5.41) is 3.43. The molecule has 156 valence electrons. The van der Waals surface area contributed by atoms with Crippen LogP contribution in [0, 0.1) is 6.92 Å². The van der Waals surface area contributed by atoms with Gasteiger partial charge in [0.05, 0.1) is 24.1 Å². The van der Waals surface area contributed by atoms with Gasteiger partial charge in [0, 0.05) is 12.7 Å². The molecule has 0 aliphatic rings. The second kappa shape index (κ2) is 9.58. The summed E-state index contributed by atoms with van der Waals surface area (Å²) in [7, 11) is 1.59. The number of nitrogens with one attached hydrogen (secondary N) is 1. The van der Waals surface area contributed by atoms with Gasteiger partial charge in [-0.25, -0.2) is 9.97 Å². The van der Waals surface area contributed by atoms with Gasteiger partial charge in [-0.2, -0.15) is 0 Å². The van der Waals surface area contributed by atoms with Crippen molar-refractivity contribution in [3.63, 3.8) is 0 Å². The van der Waals surface area contributed by atoms with E-state index in [0.717, 1.165) is 17.7 Å². The van der Waals surface area contributed by atoms with Gasteiger partial charge in [0.2, 0.25) is 5.91 Å². The highest BCUT2D eigenvalue weighted by Crippen LogP contribution is 2.26. The number of aromatic nitrogens is 2. The van der Waals surface area contributed by atoms with Crippen LogP contribution in [0.2, 0.25) is 0 Å². The molecule has 0 spiro atoms. The van der Waals surface area contributed by atoms with E-state index in [9.17, 15) is 9.59 Å². The number of aryl methyl sites for hydroxylation is 2. The molecule has 0 radical (unpaired) electrons. The summed E-state index contributed by atoms with van der Waals surface area (Å²) >= 11 is 1.35. The Morgan fingerprint density at radius 2 is 1.93 bits per heavy atom. The van der Waals surface area contributed by atoms with Crippen LogP contribution in [0.5, 0.6) is 0 Å². The summed E-state index contributed by atoms with van der Waals surface area (Å²) < 4.78 is 5.37. The molecule has 3 aromatic rings. The topological polar surface area (TPSA) is 88.3 Å². The van der Waals surface area contributed by atoms with Gasteiger partial charge in [-0.05, 0) is 43.4 Å². The lowest BCUT2D eigenvalue weighted by Crippen LogP contribution is -2.36. The van der Waals surface area contributed by atoms with E-state index in [1.807, 2.05) is 37.4 Å². The zero-order valence-corrected chi connectivity index (χ0v) is 18.2. The third kappa shape index (κ3) is 4.71. The SMILES string of the molecule is CCc1ccccc1NC(=O)CN(C)C(=O)c1c(C)nc(-c2ccco2)nc1SC. The molecule has 30 heavy (non-hydrogen) atoms. The van der Waals surface area contributed by atoms with Gasteiger partial charge in [0.25, 0.3) is 5.91 Å². The van der Waals surface area contributed by atoms with Crippen molar-refractivity contribution in [2.45, 2.75) is 25.3 Å². The van der Waals surface area contributed by atoms with Crippen LogP contribution in [0.4, 0.5) is 5.69 Å². The molecule has 0 bridgehead atoms. The average Bonchev–Trinajstić information content (AvgIpc) is 3.27. The fourth-order valence-corrected chi connectivity index (χ4v) is 3.69. The van der Waals surface area contributed by atoms with Crippen LogP contribution in [0.1, 0.15) is 28.5 Å². The first-order valence-corrected chi connectivity index (χ1v) is 10.8. The number of para-hydroxylation sites is 1. The van der Waals surface area contributed by atoms with Crippen molar-refractivity contribution >= 4 is 29.3 Å². The fourth-order valence-electron chi connectivity index (χ4n) is 3.07. The van der Waals surface area contributed by atoms with E-state index in [1.54, 1.807) is 32.4 Å². The second-order valence-corrected chi connectivity index (χ2v) is 7.51. The van der Waals surface area contributed by atoms with Crippen LogP contribution < -0.4 is 5.32 Å². The summed E-state index contributed by atoms with van der Waals surface area (Å²) in [5.41, 5.74) is 2.73. The molecule has 1 N–H and O–H groups in total. The van der Waals surface area contributed by atoms with Gasteiger partial charge >= 0.3 is 0 Å². The zero-order chi connectivity index (χ0) is 21.7. The second-order valence-electron chi connectivity index (χ2n) is 6.71. The quantitative estimate of drug-likeness (QED) is 0.455. The molecule has 0 saturated carbocycles. The zero-order valence-electron chi connectivity index (χ0n) is 17.4. The Labute approximate surface area is 179 Å². The Bertz CT molecular complexity index is 1050. The van der Waals surface area contributed by atoms with Crippen molar-refractivity contribution in [1.29, 1.82) is 0 Å². The molecule has 2 heterocycles. The van der Waals surface area contributed by atoms with Gasteiger partial charge in [-0.1, -0.05) is 25.1 Å². The maximum absolute atomic E-state index is 13.1. The number of thioether (sulfide) groups is 1. The van der Waals surface area contributed by atoms with Crippen molar-refractivity contribution in [3.8, 4) is 11.6 Å². The van der Waals surface area contributed by atoms with Crippen LogP contribution in [0.3, 0.4) is 0 Å². The monoisotopic (exact) mass is 424 g/mol. The Morgan fingerprint density at radius 1 is 1.17 bits per heavy atom. The molecule has 0 aliphatic carbocycles. The molecule has 0 saturated heterocycles. The lowest BCUT2D eigenvalue weighted by atomic mass is 10.1. The van der Waals surface area contributed by atoms with Gasteiger partial charge in [0.15, 0.2) is 11.6 Å². The number of amides is 2. The summed E-state index contributed by atoms with van der Waals surface area (Å²) in [5.74, 6) is 0.398. The summed E-state index contributed by atoms with van der Waals surface area (Å²) in [6.07, 6.45) is 4.20. The van der Waals surface area contributed by atoms with Crippen LogP contribution in [0.15, 0.2) is 52.1 Å². The summed E-state index contributed by atoms with van der Waals surface area (Å²) in [6, 6.07) is 11.2. The Balaban J connectivity index is 1.77. The fraction of sp³-hybridized carbons (Fsp3) is 0.273. The summed E-state index contributed by atoms with van der Waals surface area (Å²) in [4.78, 5) is 35.9. The predicted octanol–water partition coefficient (Wildman–Crippen LogP) is 4.04. The van der Waals surface area contributed by atoms with Gasteiger partial charge in [-0.15, -0.1) is 11.8 Å². The number of rotatable bonds is 7. The Kier molecular flexibility index (Phi) is 6.89. The minimum atomic E-state index is -0.304. The maximum Gasteiger partial charge on any atom is 0.258 e. The molecule has 8 heteroatoms. The van der Waals surface area contributed by atoms with E-state index >= 15 is 0 Å². The average molecular weight is 425 g/mol. The number of carbonyl (C=O) groups is 2. The Hall–Kier alpha value is -3.13. The molecular formula is C22H24N4O3S. The number of likely N-dealkylation sites (N-methyl/N-ethyl adjacent to an activating group) is 1. The number of anilines is 1. The maximum atomic E-state index is 13.1. The molecule has 2 aromatic heterocycles. The van der Waals surface area contributed by atoms with E-state index < -0.39 is 0 Å². The Morgan fingerprint density at radius 3 is 2.60 bits per heavy atom. The van der Waals surface area contributed by atoms with E-state index in [2.05, 4.69) is 15.3 Å². The van der Waals surface area contributed by atoms with Crippen molar-refractivity contribution in [2.24, 2.45) is 0 Å². The smallest absolute Gasteiger partial charge is 0.258 e. The van der Waals surface area contributed by atoms with Crippen molar-refractivity contribution in [2.75, 3.05) is 25.2 Å². The predicted molar refractivity (Wildman–Crippen MR) is 118 cm³/mol. The molecule has 1 aromatic carbocycles. The van der Waals surface area contributed by atoms with Crippen molar-refractivity contribution in [3.05, 3.63) is 59.5 Å². The summed E-state index contributed by atoms with van der Waals surface area (Å²) in [6.45, 7) is 3.70. The van der Waals surface area contributed by atoms with Gasteiger partial charge < -0.3 is 14.6 Å². The standard InChI is InChI=1S/C22H24N4O3S/c1-5-15-9-6-7-10-16(15)24-18(27)13-26(3)22(28)19-14(2)23-20(25-21(19)30-4)17-11-8-12-29-17/h6-12H,5,13H2,1-4H3,(H,24,27). The van der Waals surface area contributed by atoms with E-state index in [-0.39, 0.29) is 18.4 Å². The number of carbonyl (C=O) groups excluding carboxylic acids is 2. The number of hydrogen-bond donors (Lipinski definition) is 1. The number of hydrogen-bond acceptors (Lipinski definition) is 6. The number of benzene rings is 1. The molecular weight excluding hydrogens is 400 g/mol. The van der Waals surface area contributed by atoms with Crippen LogP contribution in [0.25, 0.3) is 11.6 Å². The minimum Gasteiger partial charge on any atom is -0.461 e. The lowest BCUT2D eigenvalue weighted by Gasteiger charge is -2.19. The molecule has 0 aliphatic heterocycles. The van der Waals surface area contributed by atoms with Crippen LogP contribution in [-0.4, -0.2) is 46.5 Å². The largest absolute Gasteiger partial charge is 0.461 e.